The SMILES string of the molecule is O=C(CC1CCCC(C23CCC(CC2CC(=O)OC(CS(=O)(=O)O)C(F)(F)F)C3)C1)OC(CS(=O)(=O)O)C(F)(F)F. The molecule has 3 aliphatic rings. The van der Waals surface area contributed by atoms with Gasteiger partial charge in [0, 0.05) is 12.8 Å². The highest BCUT2D eigenvalue weighted by Gasteiger charge is 2.57. The van der Waals surface area contributed by atoms with E-state index in [1.807, 2.05) is 0 Å². The van der Waals surface area contributed by atoms with Gasteiger partial charge in [-0.1, -0.05) is 6.42 Å². The van der Waals surface area contributed by atoms with Gasteiger partial charge in [0.05, 0.1) is 0 Å². The predicted molar refractivity (Wildman–Crippen MR) is 127 cm³/mol. The van der Waals surface area contributed by atoms with Gasteiger partial charge in [0.2, 0.25) is 12.2 Å². The number of carbonyl (C=O) groups is 2. The summed E-state index contributed by atoms with van der Waals surface area (Å²) >= 11 is 0. The van der Waals surface area contributed by atoms with E-state index in [0.717, 1.165) is 6.42 Å². The molecule has 7 atom stereocenters. The van der Waals surface area contributed by atoms with Gasteiger partial charge in [0.1, 0.15) is 11.5 Å². The molecule has 3 saturated carbocycles. The third-order valence-electron chi connectivity index (χ3n) is 8.58. The minimum Gasteiger partial charge on any atom is -0.451 e. The minimum absolute atomic E-state index is 0.105. The van der Waals surface area contributed by atoms with Crippen molar-refractivity contribution in [2.75, 3.05) is 11.5 Å². The van der Waals surface area contributed by atoms with Gasteiger partial charge in [-0.25, -0.2) is 0 Å². The number of hydrogen-bond donors (Lipinski definition) is 2. The largest absolute Gasteiger partial charge is 0.451 e. The Bertz CT molecular complexity index is 1190. The molecule has 0 aromatic heterocycles. The number of ether oxygens (including phenoxy) is 2. The van der Waals surface area contributed by atoms with E-state index in [4.69, 9.17) is 9.11 Å². The quantitative estimate of drug-likeness (QED) is 0.190. The molecule has 18 heteroatoms. The van der Waals surface area contributed by atoms with Crippen molar-refractivity contribution in [3.05, 3.63) is 0 Å². The molecule has 0 spiro atoms. The highest BCUT2D eigenvalue weighted by atomic mass is 32.2. The number of rotatable bonds is 11. The fourth-order valence-corrected chi connectivity index (χ4v) is 8.32. The Hall–Kier alpha value is -1.66. The number of carbonyl (C=O) groups excluding carboxylic acids is 2. The van der Waals surface area contributed by atoms with E-state index in [9.17, 15) is 52.8 Å². The van der Waals surface area contributed by atoms with Crippen LogP contribution in [0.1, 0.15) is 64.2 Å². The summed E-state index contributed by atoms with van der Waals surface area (Å²) in [5.41, 5.74) is -0.484. The molecule has 0 saturated heterocycles. The smallest absolute Gasteiger partial charge is 0.426 e. The van der Waals surface area contributed by atoms with Crippen LogP contribution in [0, 0.1) is 29.1 Å². The van der Waals surface area contributed by atoms with Crippen molar-refractivity contribution in [2.45, 2.75) is 88.8 Å². The van der Waals surface area contributed by atoms with Crippen LogP contribution in [-0.4, -0.2) is 73.9 Å². The van der Waals surface area contributed by atoms with Crippen LogP contribution in [0.25, 0.3) is 0 Å². The van der Waals surface area contributed by atoms with Crippen molar-refractivity contribution in [3.63, 3.8) is 0 Å². The lowest BCUT2D eigenvalue weighted by Crippen LogP contribution is -2.42. The zero-order valence-electron chi connectivity index (χ0n) is 21.7. The van der Waals surface area contributed by atoms with Gasteiger partial charge < -0.3 is 9.47 Å². The first-order valence-corrected chi connectivity index (χ1v) is 16.2. The van der Waals surface area contributed by atoms with Crippen molar-refractivity contribution in [1.29, 1.82) is 0 Å². The number of alkyl halides is 6. The zero-order valence-corrected chi connectivity index (χ0v) is 23.3. The van der Waals surface area contributed by atoms with E-state index in [2.05, 4.69) is 9.47 Å². The fraction of sp³-hybridized carbons (Fsp3) is 0.913. The molecular weight excluding hydrogens is 614 g/mol. The normalized spacial score (nSPS) is 30.5. The highest BCUT2D eigenvalue weighted by Crippen LogP contribution is 2.65. The Labute approximate surface area is 233 Å². The molecule has 0 aromatic carbocycles. The molecule has 2 N–H and O–H groups in total. The lowest BCUT2D eigenvalue weighted by Gasteiger charge is -2.45. The average Bonchev–Trinajstić information content (AvgIpc) is 3.35. The molecule has 0 amide bonds. The van der Waals surface area contributed by atoms with Gasteiger partial charge in [-0.05, 0) is 74.0 Å². The number of esters is 2. The third kappa shape index (κ3) is 9.41. The molecule has 0 radical (unpaired) electrons. The first-order valence-electron chi connectivity index (χ1n) is 13.0. The van der Waals surface area contributed by atoms with E-state index in [1.165, 1.54) is 0 Å². The Kier molecular flexibility index (Phi) is 10.0. The second kappa shape index (κ2) is 12.1. The molecule has 2 bridgehead atoms. The van der Waals surface area contributed by atoms with Crippen molar-refractivity contribution in [2.24, 2.45) is 29.1 Å². The Balaban J connectivity index is 1.66. The van der Waals surface area contributed by atoms with Crippen molar-refractivity contribution in [1.82, 2.24) is 0 Å². The van der Waals surface area contributed by atoms with Gasteiger partial charge in [-0.3, -0.25) is 18.7 Å². The van der Waals surface area contributed by atoms with Gasteiger partial charge in [0.25, 0.3) is 20.2 Å². The lowest BCUT2D eigenvalue weighted by atomic mass is 9.59. The van der Waals surface area contributed by atoms with Crippen LogP contribution < -0.4 is 0 Å². The van der Waals surface area contributed by atoms with Crippen molar-refractivity contribution < 1.29 is 71.3 Å². The summed E-state index contributed by atoms with van der Waals surface area (Å²) in [5, 5.41) is 0. The van der Waals surface area contributed by atoms with E-state index >= 15 is 0 Å². The Morgan fingerprint density at radius 2 is 1.32 bits per heavy atom. The van der Waals surface area contributed by atoms with Crippen LogP contribution in [0.3, 0.4) is 0 Å². The molecule has 41 heavy (non-hydrogen) atoms. The molecule has 0 aliphatic heterocycles. The van der Waals surface area contributed by atoms with Gasteiger partial charge in [-0.2, -0.15) is 43.2 Å². The second-order valence-corrected chi connectivity index (χ2v) is 14.4. The summed E-state index contributed by atoms with van der Waals surface area (Å²) in [7, 11) is -10.2. The first-order chi connectivity index (χ1) is 18.6. The molecule has 3 rings (SSSR count). The first kappa shape index (κ1) is 33.8. The van der Waals surface area contributed by atoms with E-state index in [-0.39, 0.29) is 11.8 Å². The molecule has 3 fully saturated rings. The van der Waals surface area contributed by atoms with E-state index in [0.29, 0.717) is 44.9 Å². The summed E-state index contributed by atoms with van der Waals surface area (Å²) in [6.45, 7) is 0. The zero-order chi connectivity index (χ0) is 31.0. The summed E-state index contributed by atoms with van der Waals surface area (Å²) in [6.07, 6.45) is -12.6. The number of fused-ring (bicyclic) bond motifs is 2. The molecule has 238 valence electrons. The van der Waals surface area contributed by atoms with Crippen LogP contribution in [0.15, 0.2) is 0 Å². The van der Waals surface area contributed by atoms with Gasteiger partial charge in [0.15, 0.2) is 0 Å². The lowest BCUT2D eigenvalue weighted by molar-refractivity contribution is -0.216. The minimum atomic E-state index is -5.23. The van der Waals surface area contributed by atoms with Crippen LogP contribution in [-0.2, 0) is 39.3 Å². The summed E-state index contributed by atoms with van der Waals surface area (Å²) in [4.78, 5) is 24.8. The Morgan fingerprint density at radius 1 is 0.805 bits per heavy atom. The second-order valence-electron chi connectivity index (χ2n) is 11.4. The fourth-order valence-electron chi connectivity index (χ4n) is 7.04. The predicted octanol–water partition coefficient (Wildman–Crippen LogP) is 4.10. The maximum Gasteiger partial charge on any atom is 0.426 e. The van der Waals surface area contributed by atoms with Gasteiger partial charge >= 0.3 is 24.3 Å². The highest BCUT2D eigenvalue weighted by molar-refractivity contribution is 7.86. The maximum atomic E-state index is 13.2. The van der Waals surface area contributed by atoms with Crippen LogP contribution in [0.4, 0.5) is 26.3 Å². The molecular formula is C23H32F6O10S2. The number of halogens is 6. The molecule has 3 aliphatic carbocycles. The number of hydrogen-bond acceptors (Lipinski definition) is 8. The maximum absolute atomic E-state index is 13.2. The van der Waals surface area contributed by atoms with Crippen LogP contribution >= 0.6 is 0 Å². The molecule has 0 heterocycles. The molecule has 0 aromatic rings. The van der Waals surface area contributed by atoms with E-state index < -0.39 is 98.3 Å². The van der Waals surface area contributed by atoms with Crippen molar-refractivity contribution >= 4 is 32.2 Å². The standard InChI is InChI=1S/C23H32F6O10S2/c24-22(25,26)17(11-40(32,33)34)38-19(30)8-13-2-1-3-15(6-13)21-5-4-14(10-21)7-16(21)9-20(31)39-18(23(27,28)29)12-41(35,36)37/h13-18H,1-12H2,(H,32,33,34)(H,35,36,37). The monoisotopic (exact) mass is 646 g/mol. The van der Waals surface area contributed by atoms with E-state index in [1.54, 1.807) is 0 Å². The third-order valence-corrected chi connectivity index (χ3v) is 10.0. The van der Waals surface area contributed by atoms with Gasteiger partial charge in [-0.15, -0.1) is 0 Å². The Morgan fingerprint density at radius 3 is 1.78 bits per heavy atom. The van der Waals surface area contributed by atoms with Crippen LogP contribution in [0.5, 0.6) is 0 Å². The van der Waals surface area contributed by atoms with Crippen LogP contribution in [0.2, 0.25) is 0 Å². The summed E-state index contributed by atoms with van der Waals surface area (Å²) in [5.74, 6) is -6.94. The summed E-state index contributed by atoms with van der Waals surface area (Å²) < 4.78 is 149. The van der Waals surface area contributed by atoms with Crippen molar-refractivity contribution in [3.8, 4) is 0 Å². The average molecular weight is 647 g/mol. The topological polar surface area (TPSA) is 161 Å². The molecule has 10 nitrogen and oxygen atoms in total. The summed E-state index contributed by atoms with van der Waals surface area (Å²) in [6, 6.07) is 0. The molecule has 7 unspecified atom stereocenters.